The summed E-state index contributed by atoms with van der Waals surface area (Å²) in [5.41, 5.74) is 1.38. The standard InChI is InChI=1S/C21H19NO6S/c1-4-27-20(25)12(2)22-19(24)18(29-21(22)26)11-16-9-10-17(28-16)15-7-5-14(6-8-15)13(3)23/h5-12H,4H2,1-3H3/b18-11+/t12-/m1/s1. The minimum atomic E-state index is -1.000. The number of rotatable bonds is 6. The Kier molecular flexibility index (Phi) is 6.03. The van der Waals surface area contributed by atoms with Gasteiger partial charge >= 0.3 is 5.97 Å². The van der Waals surface area contributed by atoms with E-state index in [1.165, 1.54) is 19.9 Å². The Bertz CT molecular complexity index is 1000. The van der Waals surface area contributed by atoms with Gasteiger partial charge in [-0.25, -0.2) is 4.79 Å². The van der Waals surface area contributed by atoms with Crippen LogP contribution in [0.2, 0.25) is 0 Å². The SMILES string of the molecule is CCOC(=O)[C@@H](C)N1C(=O)S/C(=C/c2ccc(-c3ccc(C(C)=O)cc3)o2)C1=O. The van der Waals surface area contributed by atoms with E-state index in [-0.39, 0.29) is 17.3 Å². The smallest absolute Gasteiger partial charge is 0.329 e. The maximum Gasteiger partial charge on any atom is 0.329 e. The van der Waals surface area contributed by atoms with Gasteiger partial charge in [0.25, 0.3) is 11.1 Å². The lowest BCUT2D eigenvalue weighted by atomic mass is 10.1. The molecule has 0 bridgehead atoms. The van der Waals surface area contributed by atoms with E-state index in [1.807, 2.05) is 0 Å². The molecule has 2 aromatic rings. The monoisotopic (exact) mass is 413 g/mol. The van der Waals surface area contributed by atoms with E-state index >= 15 is 0 Å². The predicted molar refractivity (Wildman–Crippen MR) is 108 cm³/mol. The molecule has 0 spiro atoms. The largest absolute Gasteiger partial charge is 0.464 e. The van der Waals surface area contributed by atoms with E-state index in [4.69, 9.17) is 9.15 Å². The first-order valence-electron chi connectivity index (χ1n) is 8.96. The normalized spacial score (nSPS) is 16.4. The molecule has 0 unspecified atom stereocenters. The van der Waals surface area contributed by atoms with Gasteiger partial charge in [0.2, 0.25) is 0 Å². The first kappa shape index (κ1) is 20.6. The van der Waals surface area contributed by atoms with Gasteiger partial charge in [-0.1, -0.05) is 24.3 Å². The Morgan fingerprint density at radius 2 is 1.86 bits per heavy atom. The van der Waals surface area contributed by atoms with Crippen LogP contribution in [0.1, 0.15) is 36.9 Å². The number of nitrogens with zero attached hydrogens (tertiary/aromatic N) is 1. The van der Waals surface area contributed by atoms with Gasteiger partial charge in [0.1, 0.15) is 17.6 Å². The average molecular weight is 413 g/mol. The average Bonchev–Trinajstić information content (AvgIpc) is 3.26. The van der Waals surface area contributed by atoms with Crippen molar-refractivity contribution in [2.45, 2.75) is 26.8 Å². The number of hydrogen-bond acceptors (Lipinski definition) is 7. The van der Waals surface area contributed by atoms with Crippen LogP contribution in [0.15, 0.2) is 45.7 Å². The van der Waals surface area contributed by atoms with Crippen molar-refractivity contribution in [3.05, 3.63) is 52.6 Å². The van der Waals surface area contributed by atoms with Crippen LogP contribution in [0.4, 0.5) is 4.79 Å². The third-order valence-electron chi connectivity index (χ3n) is 4.31. The van der Waals surface area contributed by atoms with Crippen LogP contribution in [0.5, 0.6) is 0 Å². The molecule has 2 heterocycles. The number of furan rings is 1. The van der Waals surface area contributed by atoms with Crippen LogP contribution in [-0.4, -0.2) is 40.4 Å². The number of amides is 2. The highest BCUT2D eigenvalue weighted by molar-refractivity contribution is 8.18. The van der Waals surface area contributed by atoms with E-state index in [9.17, 15) is 19.2 Å². The fourth-order valence-electron chi connectivity index (χ4n) is 2.77. The van der Waals surface area contributed by atoms with E-state index in [2.05, 4.69) is 0 Å². The predicted octanol–water partition coefficient (Wildman–Crippen LogP) is 4.14. The molecule has 8 heteroatoms. The summed E-state index contributed by atoms with van der Waals surface area (Å²) < 4.78 is 10.6. The highest BCUT2D eigenvalue weighted by Gasteiger charge is 2.41. The van der Waals surface area contributed by atoms with Gasteiger partial charge in [-0.2, -0.15) is 0 Å². The Morgan fingerprint density at radius 3 is 2.48 bits per heavy atom. The molecule has 7 nitrogen and oxygen atoms in total. The Balaban J connectivity index is 1.79. The fourth-order valence-corrected chi connectivity index (χ4v) is 3.65. The number of carbonyl (C=O) groups is 4. The zero-order valence-corrected chi connectivity index (χ0v) is 16.9. The van der Waals surface area contributed by atoms with Crippen LogP contribution in [0, 0.1) is 0 Å². The second-order valence-electron chi connectivity index (χ2n) is 6.32. The van der Waals surface area contributed by atoms with Gasteiger partial charge < -0.3 is 9.15 Å². The summed E-state index contributed by atoms with van der Waals surface area (Å²) in [6.07, 6.45) is 1.47. The van der Waals surface area contributed by atoms with E-state index in [0.717, 1.165) is 22.2 Å². The van der Waals surface area contributed by atoms with E-state index in [1.54, 1.807) is 43.3 Å². The van der Waals surface area contributed by atoms with Crippen molar-refractivity contribution >= 4 is 40.7 Å². The number of hydrogen-bond donors (Lipinski definition) is 0. The van der Waals surface area contributed by atoms with Gasteiger partial charge in [-0.05, 0) is 44.7 Å². The summed E-state index contributed by atoms with van der Waals surface area (Å²) in [7, 11) is 0. The summed E-state index contributed by atoms with van der Waals surface area (Å²) in [6, 6.07) is 9.38. The molecule has 29 heavy (non-hydrogen) atoms. The Hall–Kier alpha value is -3.13. The third-order valence-corrected chi connectivity index (χ3v) is 5.20. The summed E-state index contributed by atoms with van der Waals surface area (Å²) >= 11 is 0.744. The van der Waals surface area contributed by atoms with Gasteiger partial charge in [0.05, 0.1) is 11.5 Å². The fraction of sp³-hybridized carbons (Fsp3) is 0.238. The van der Waals surface area contributed by atoms with Crippen molar-refractivity contribution in [3.8, 4) is 11.3 Å². The third kappa shape index (κ3) is 4.32. The molecule has 0 aliphatic carbocycles. The molecule has 1 aromatic heterocycles. The molecule has 2 amide bonds. The number of ether oxygens (including phenoxy) is 1. The molecule has 0 radical (unpaired) electrons. The minimum absolute atomic E-state index is 0.0237. The number of imide groups is 1. The molecule has 1 aliphatic heterocycles. The highest BCUT2D eigenvalue weighted by atomic mass is 32.2. The van der Waals surface area contributed by atoms with Crippen molar-refractivity contribution in [2.75, 3.05) is 6.61 Å². The highest BCUT2D eigenvalue weighted by Crippen LogP contribution is 2.34. The molecule has 1 saturated heterocycles. The lowest BCUT2D eigenvalue weighted by molar-refractivity contribution is -0.150. The number of benzene rings is 1. The maximum atomic E-state index is 12.6. The van der Waals surface area contributed by atoms with Crippen LogP contribution in [0.3, 0.4) is 0 Å². The lowest BCUT2D eigenvalue weighted by Gasteiger charge is -2.19. The number of carbonyl (C=O) groups excluding carboxylic acids is 4. The number of ketones is 1. The number of Topliss-reactive ketones (excluding diaryl/α,β-unsaturated/α-hetero) is 1. The van der Waals surface area contributed by atoms with Crippen LogP contribution in [-0.2, 0) is 14.3 Å². The molecule has 3 rings (SSSR count). The number of thioether (sulfide) groups is 1. The zero-order valence-electron chi connectivity index (χ0n) is 16.1. The maximum absolute atomic E-state index is 12.6. The van der Waals surface area contributed by atoms with E-state index < -0.39 is 23.2 Å². The van der Waals surface area contributed by atoms with Gasteiger partial charge in [-0.15, -0.1) is 0 Å². The van der Waals surface area contributed by atoms with Crippen LogP contribution >= 0.6 is 11.8 Å². The topological polar surface area (TPSA) is 93.9 Å². The Morgan fingerprint density at radius 1 is 1.17 bits per heavy atom. The molecular formula is C21H19NO6S. The molecular weight excluding hydrogens is 394 g/mol. The van der Waals surface area contributed by atoms with Crippen molar-refractivity contribution in [2.24, 2.45) is 0 Å². The minimum Gasteiger partial charge on any atom is -0.464 e. The van der Waals surface area contributed by atoms with Crippen LogP contribution in [0.25, 0.3) is 17.4 Å². The molecule has 0 saturated carbocycles. The summed E-state index contributed by atoms with van der Waals surface area (Å²) in [6.45, 7) is 4.76. The van der Waals surface area contributed by atoms with Gasteiger partial charge in [0, 0.05) is 17.2 Å². The zero-order chi connectivity index (χ0) is 21.1. The molecule has 1 aromatic carbocycles. The van der Waals surface area contributed by atoms with Gasteiger partial charge in [-0.3, -0.25) is 19.3 Å². The van der Waals surface area contributed by atoms with Crippen molar-refractivity contribution in [3.63, 3.8) is 0 Å². The molecule has 1 aliphatic rings. The number of esters is 1. The Labute approximate surface area is 171 Å². The first-order valence-corrected chi connectivity index (χ1v) is 9.78. The quantitative estimate of drug-likeness (QED) is 0.399. The molecule has 1 fully saturated rings. The summed E-state index contributed by atoms with van der Waals surface area (Å²) in [5.74, 6) is -0.269. The summed E-state index contributed by atoms with van der Waals surface area (Å²) in [4.78, 5) is 49.1. The van der Waals surface area contributed by atoms with Crippen molar-refractivity contribution in [1.82, 2.24) is 4.90 Å². The van der Waals surface area contributed by atoms with Gasteiger partial charge in [0.15, 0.2) is 5.78 Å². The lowest BCUT2D eigenvalue weighted by Crippen LogP contribution is -2.42. The van der Waals surface area contributed by atoms with Crippen molar-refractivity contribution < 1.29 is 28.3 Å². The first-order chi connectivity index (χ1) is 13.8. The van der Waals surface area contributed by atoms with Crippen LogP contribution < -0.4 is 0 Å². The summed E-state index contributed by atoms with van der Waals surface area (Å²) in [5, 5.41) is -0.534. The molecule has 150 valence electrons. The van der Waals surface area contributed by atoms with Crippen molar-refractivity contribution in [1.29, 1.82) is 0 Å². The van der Waals surface area contributed by atoms with E-state index in [0.29, 0.717) is 17.1 Å². The molecule has 0 N–H and O–H groups in total. The second-order valence-corrected chi connectivity index (χ2v) is 7.31. The molecule has 1 atom stereocenters. The second kappa shape index (κ2) is 8.48.